The summed E-state index contributed by atoms with van der Waals surface area (Å²) in [5, 5.41) is 4.08. The first kappa shape index (κ1) is 13.5. The van der Waals surface area contributed by atoms with Crippen LogP contribution in [0, 0.1) is 0 Å². The molecule has 6 nitrogen and oxygen atoms in total. The molecule has 0 atom stereocenters. The molecule has 1 amide bonds. The highest BCUT2D eigenvalue weighted by molar-refractivity contribution is 5.97. The predicted octanol–water partition coefficient (Wildman–Crippen LogP) is 0.499. The van der Waals surface area contributed by atoms with Crippen molar-refractivity contribution >= 4 is 11.6 Å². The quantitative estimate of drug-likeness (QED) is 0.813. The molecule has 0 fully saturated rings. The second-order valence-electron chi connectivity index (χ2n) is 4.19. The molecule has 2 N–H and O–H groups in total. The van der Waals surface area contributed by atoms with E-state index in [1.54, 1.807) is 25.3 Å². The Morgan fingerprint density at radius 3 is 2.71 bits per heavy atom. The molecule has 6 heteroatoms. The van der Waals surface area contributed by atoms with Crippen LogP contribution in [0.5, 0.6) is 0 Å². The number of aromatic nitrogens is 2. The monoisotopic (exact) mass is 240 g/mol. The molecule has 0 radical (unpaired) electrons. The Balaban J connectivity index is 2.87. The first-order chi connectivity index (χ1) is 7.97. The maximum atomic E-state index is 12.2. The number of ether oxygens (including phenoxy) is 1. The zero-order valence-electron chi connectivity index (χ0n) is 10.8. The van der Waals surface area contributed by atoms with E-state index in [1.807, 2.05) is 13.8 Å². The maximum absolute atomic E-state index is 12.2. The SMILES string of the molecule is COCCN(C(=O)c1nn(C)cc1N)C(C)C. The third-order valence-electron chi connectivity index (χ3n) is 2.48. The van der Waals surface area contributed by atoms with Gasteiger partial charge >= 0.3 is 0 Å². The summed E-state index contributed by atoms with van der Waals surface area (Å²) in [6.45, 7) is 4.93. The number of carbonyl (C=O) groups is 1. The Kier molecular flexibility index (Phi) is 4.51. The largest absolute Gasteiger partial charge is 0.396 e. The van der Waals surface area contributed by atoms with E-state index in [9.17, 15) is 4.79 Å². The Labute approximate surface area is 101 Å². The highest BCUT2D eigenvalue weighted by Gasteiger charge is 2.23. The minimum atomic E-state index is -0.157. The van der Waals surface area contributed by atoms with Gasteiger partial charge in [0, 0.05) is 32.9 Å². The van der Waals surface area contributed by atoms with E-state index in [0.29, 0.717) is 24.5 Å². The second kappa shape index (κ2) is 5.67. The lowest BCUT2D eigenvalue weighted by atomic mass is 10.2. The van der Waals surface area contributed by atoms with Crippen molar-refractivity contribution in [2.75, 3.05) is 26.0 Å². The van der Waals surface area contributed by atoms with Crippen molar-refractivity contribution in [3.05, 3.63) is 11.9 Å². The molecule has 17 heavy (non-hydrogen) atoms. The van der Waals surface area contributed by atoms with Gasteiger partial charge in [-0.15, -0.1) is 0 Å². The molecule has 1 rings (SSSR count). The first-order valence-electron chi connectivity index (χ1n) is 5.56. The lowest BCUT2D eigenvalue weighted by Gasteiger charge is -2.25. The number of nitrogen functional groups attached to an aromatic ring is 1. The molecule has 0 saturated carbocycles. The van der Waals surface area contributed by atoms with Crippen LogP contribution in [-0.2, 0) is 11.8 Å². The number of hydrogen-bond donors (Lipinski definition) is 1. The van der Waals surface area contributed by atoms with E-state index in [-0.39, 0.29) is 11.9 Å². The summed E-state index contributed by atoms with van der Waals surface area (Å²) in [5.74, 6) is -0.157. The Morgan fingerprint density at radius 1 is 1.65 bits per heavy atom. The van der Waals surface area contributed by atoms with Crippen LogP contribution >= 0.6 is 0 Å². The molecule has 0 saturated heterocycles. The second-order valence-corrected chi connectivity index (χ2v) is 4.19. The molecule has 0 unspecified atom stereocenters. The van der Waals surface area contributed by atoms with Gasteiger partial charge in [-0.1, -0.05) is 0 Å². The van der Waals surface area contributed by atoms with E-state index in [0.717, 1.165) is 0 Å². The van der Waals surface area contributed by atoms with Gasteiger partial charge in [-0.05, 0) is 13.8 Å². The van der Waals surface area contributed by atoms with Gasteiger partial charge in [-0.3, -0.25) is 9.48 Å². The van der Waals surface area contributed by atoms with Crippen LogP contribution in [0.3, 0.4) is 0 Å². The predicted molar refractivity (Wildman–Crippen MR) is 65.7 cm³/mol. The van der Waals surface area contributed by atoms with Crippen molar-refractivity contribution in [2.45, 2.75) is 19.9 Å². The number of nitrogens with two attached hydrogens (primary N) is 1. The topological polar surface area (TPSA) is 73.4 Å². The number of hydrogen-bond acceptors (Lipinski definition) is 4. The number of aryl methyl sites for hydroxylation is 1. The molecule has 0 aromatic carbocycles. The molecule has 0 aliphatic carbocycles. The Bertz CT molecular complexity index is 387. The van der Waals surface area contributed by atoms with Gasteiger partial charge in [-0.25, -0.2) is 0 Å². The Morgan fingerprint density at radius 2 is 2.29 bits per heavy atom. The summed E-state index contributed by atoms with van der Waals surface area (Å²) in [6, 6.07) is 0.0825. The minimum absolute atomic E-state index is 0.0825. The summed E-state index contributed by atoms with van der Waals surface area (Å²) in [5.41, 5.74) is 6.45. The van der Waals surface area contributed by atoms with E-state index >= 15 is 0 Å². The average molecular weight is 240 g/mol. The summed E-state index contributed by atoms with van der Waals surface area (Å²) in [4.78, 5) is 13.9. The van der Waals surface area contributed by atoms with Crippen molar-refractivity contribution in [3.8, 4) is 0 Å². The van der Waals surface area contributed by atoms with Crippen LogP contribution in [-0.4, -0.2) is 46.9 Å². The van der Waals surface area contributed by atoms with E-state index in [1.165, 1.54) is 4.68 Å². The number of amides is 1. The number of methoxy groups -OCH3 is 1. The molecule has 1 aromatic rings. The molecule has 0 spiro atoms. The van der Waals surface area contributed by atoms with Crippen molar-refractivity contribution in [1.29, 1.82) is 0 Å². The number of nitrogens with zero attached hydrogens (tertiary/aromatic N) is 3. The van der Waals surface area contributed by atoms with Gasteiger partial charge in [0.15, 0.2) is 5.69 Å². The number of anilines is 1. The zero-order valence-corrected chi connectivity index (χ0v) is 10.8. The summed E-state index contributed by atoms with van der Waals surface area (Å²) >= 11 is 0. The minimum Gasteiger partial charge on any atom is -0.396 e. The first-order valence-corrected chi connectivity index (χ1v) is 5.56. The summed E-state index contributed by atoms with van der Waals surface area (Å²) < 4.78 is 6.53. The lowest BCUT2D eigenvalue weighted by Crippen LogP contribution is -2.39. The van der Waals surface area contributed by atoms with Gasteiger partial charge in [-0.2, -0.15) is 5.10 Å². The van der Waals surface area contributed by atoms with E-state index in [4.69, 9.17) is 10.5 Å². The van der Waals surface area contributed by atoms with Crippen LogP contribution in [0.4, 0.5) is 5.69 Å². The zero-order chi connectivity index (χ0) is 13.0. The van der Waals surface area contributed by atoms with Crippen molar-refractivity contribution < 1.29 is 9.53 Å². The highest BCUT2D eigenvalue weighted by atomic mass is 16.5. The molecule has 0 aliphatic heterocycles. The van der Waals surface area contributed by atoms with Gasteiger partial charge in [0.1, 0.15) is 0 Å². The van der Waals surface area contributed by atoms with Crippen LogP contribution in [0.15, 0.2) is 6.20 Å². The lowest BCUT2D eigenvalue weighted by molar-refractivity contribution is 0.0629. The maximum Gasteiger partial charge on any atom is 0.276 e. The summed E-state index contributed by atoms with van der Waals surface area (Å²) in [6.07, 6.45) is 1.63. The average Bonchev–Trinajstić information content (AvgIpc) is 2.57. The van der Waals surface area contributed by atoms with Crippen molar-refractivity contribution in [3.63, 3.8) is 0 Å². The highest BCUT2D eigenvalue weighted by Crippen LogP contribution is 2.13. The van der Waals surface area contributed by atoms with E-state index in [2.05, 4.69) is 5.10 Å². The molecule has 1 aromatic heterocycles. The van der Waals surface area contributed by atoms with Gasteiger partial charge in [0.05, 0.1) is 12.3 Å². The van der Waals surface area contributed by atoms with Gasteiger partial charge in [0.25, 0.3) is 5.91 Å². The molecular weight excluding hydrogens is 220 g/mol. The summed E-state index contributed by atoms with van der Waals surface area (Å²) in [7, 11) is 3.35. The fourth-order valence-corrected chi connectivity index (χ4v) is 1.59. The van der Waals surface area contributed by atoms with E-state index < -0.39 is 0 Å². The molecule has 0 bridgehead atoms. The van der Waals surface area contributed by atoms with Gasteiger partial charge in [0.2, 0.25) is 0 Å². The standard InChI is InChI=1S/C11H20N4O2/c1-8(2)15(5-6-17-4)11(16)10-9(12)7-14(3)13-10/h7-8H,5-6,12H2,1-4H3. The third kappa shape index (κ3) is 3.20. The van der Waals surface area contributed by atoms with Crippen LogP contribution in [0.2, 0.25) is 0 Å². The van der Waals surface area contributed by atoms with Gasteiger partial charge < -0.3 is 15.4 Å². The third-order valence-corrected chi connectivity index (χ3v) is 2.48. The van der Waals surface area contributed by atoms with Crippen LogP contribution in [0.1, 0.15) is 24.3 Å². The molecule has 0 aliphatic rings. The molecule has 96 valence electrons. The smallest absolute Gasteiger partial charge is 0.276 e. The normalized spacial score (nSPS) is 10.9. The fraction of sp³-hybridized carbons (Fsp3) is 0.636. The van der Waals surface area contributed by atoms with Crippen LogP contribution in [0.25, 0.3) is 0 Å². The fourth-order valence-electron chi connectivity index (χ4n) is 1.59. The number of carbonyl (C=O) groups excluding carboxylic acids is 1. The Hall–Kier alpha value is -1.56. The molecular formula is C11H20N4O2. The van der Waals surface area contributed by atoms with Crippen LogP contribution < -0.4 is 5.73 Å². The van der Waals surface area contributed by atoms with Crippen molar-refractivity contribution in [1.82, 2.24) is 14.7 Å². The molecule has 1 heterocycles. The van der Waals surface area contributed by atoms with Crippen molar-refractivity contribution in [2.24, 2.45) is 7.05 Å². The number of rotatable bonds is 5.